The molecule has 1 N–H and O–H groups in total. The minimum absolute atomic E-state index is 0.0646. The zero-order chi connectivity index (χ0) is 22.0. The fourth-order valence-electron chi connectivity index (χ4n) is 3.22. The Kier molecular flexibility index (Phi) is 5.41. The highest BCUT2D eigenvalue weighted by atomic mass is 19.2. The molecule has 0 saturated heterocycles. The van der Waals surface area contributed by atoms with Gasteiger partial charge in [-0.15, -0.1) is 5.12 Å². The summed E-state index contributed by atoms with van der Waals surface area (Å²) in [6, 6.07) is 20.0. The van der Waals surface area contributed by atoms with Gasteiger partial charge < -0.3 is 14.3 Å². The third-order valence-corrected chi connectivity index (χ3v) is 4.86. The molecular formula is C24H18FNO5. The van der Waals surface area contributed by atoms with Gasteiger partial charge in [0, 0.05) is 5.56 Å². The van der Waals surface area contributed by atoms with E-state index in [2.05, 4.69) is 0 Å². The highest BCUT2D eigenvalue weighted by Gasteiger charge is 2.28. The molecule has 6 nitrogen and oxygen atoms in total. The first-order valence-corrected chi connectivity index (χ1v) is 9.48. The number of anilines is 1. The fourth-order valence-corrected chi connectivity index (χ4v) is 3.22. The molecule has 0 aliphatic carbocycles. The summed E-state index contributed by atoms with van der Waals surface area (Å²) in [6.45, 7) is 1.96. The molecular weight excluding hydrogens is 401 g/mol. The van der Waals surface area contributed by atoms with Gasteiger partial charge in [0.05, 0.1) is 11.1 Å². The maximum absolute atomic E-state index is 14.6. The molecule has 0 spiro atoms. The first kappa shape index (κ1) is 20.2. The first-order chi connectivity index (χ1) is 15.0. The Labute approximate surface area is 176 Å². The van der Waals surface area contributed by atoms with E-state index in [1.165, 1.54) is 30.3 Å². The molecule has 0 fully saturated rings. The molecule has 0 radical (unpaired) electrons. The van der Waals surface area contributed by atoms with Gasteiger partial charge in [0.1, 0.15) is 23.7 Å². The van der Waals surface area contributed by atoms with Crippen molar-refractivity contribution in [2.45, 2.75) is 13.5 Å². The van der Waals surface area contributed by atoms with Crippen LogP contribution in [-0.4, -0.2) is 11.0 Å². The molecule has 4 aromatic rings. The van der Waals surface area contributed by atoms with Crippen LogP contribution in [0.25, 0.3) is 11.0 Å². The molecule has 31 heavy (non-hydrogen) atoms. The van der Waals surface area contributed by atoms with E-state index in [1.807, 2.05) is 30.3 Å². The number of fused-ring (bicyclic) bond motifs is 1. The van der Waals surface area contributed by atoms with Gasteiger partial charge in [0.25, 0.3) is 5.91 Å². The average Bonchev–Trinajstić information content (AvgIpc) is 2.80. The van der Waals surface area contributed by atoms with Crippen LogP contribution in [0.1, 0.15) is 21.5 Å². The number of carbonyl (C=O) groups is 1. The number of aryl methyl sites for hydroxylation is 1. The van der Waals surface area contributed by atoms with Crippen molar-refractivity contribution in [3.8, 4) is 11.5 Å². The molecule has 0 saturated carbocycles. The predicted octanol–water partition coefficient (Wildman–Crippen LogP) is 4.92. The average molecular weight is 419 g/mol. The lowest BCUT2D eigenvalue weighted by Gasteiger charge is -2.14. The molecule has 3 aromatic carbocycles. The second-order valence-corrected chi connectivity index (χ2v) is 6.87. The van der Waals surface area contributed by atoms with Gasteiger partial charge in [-0.2, -0.15) is 0 Å². The summed E-state index contributed by atoms with van der Waals surface area (Å²) in [5.74, 6) is -1.51. The van der Waals surface area contributed by atoms with Crippen molar-refractivity contribution in [1.82, 2.24) is 0 Å². The van der Waals surface area contributed by atoms with E-state index >= 15 is 0 Å². The number of para-hydroxylation sites is 1. The van der Waals surface area contributed by atoms with E-state index in [9.17, 15) is 19.2 Å². The fraction of sp³-hybridized carbons (Fsp3) is 0.0833. The van der Waals surface area contributed by atoms with Crippen LogP contribution in [0.2, 0.25) is 0 Å². The second kappa shape index (κ2) is 8.31. The third kappa shape index (κ3) is 3.85. The van der Waals surface area contributed by atoms with E-state index in [-0.39, 0.29) is 21.8 Å². The molecule has 0 atom stereocenters. The third-order valence-electron chi connectivity index (χ3n) is 4.86. The van der Waals surface area contributed by atoms with Gasteiger partial charge in [0.2, 0.25) is 0 Å². The summed E-state index contributed by atoms with van der Waals surface area (Å²) < 4.78 is 25.7. The van der Waals surface area contributed by atoms with Gasteiger partial charge in [-0.25, -0.2) is 4.79 Å². The van der Waals surface area contributed by atoms with Crippen molar-refractivity contribution in [3.05, 3.63) is 99.9 Å². The number of halogens is 1. The van der Waals surface area contributed by atoms with Crippen LogP contribution in [0.4, 0.5) is 10.2 Å². The Balaban J connectivity index is 1.70. The second-order valence-electron chi connectivity index (χ2n) is 6.87. The molecule has 156 valence electrons. The number of hydrogen-bond acceptors (Lipinski definition) is 5. The summed E-state index contributed by atoms with van der Waals surface area (Å²) in [4.78, 5) is 25.0. The predicted molar refractivity (Wildman–Crippen MR) is 114 cm³/mol. The van der Waals surface area contributed by atoms with Crippen LogP contribution in [0.15, 0.2) is 82.0 Å². The monoisotopic (exact) mass is 419 g/mol. The number of nitrogens with zero attached hydrogens (tertiary/aromatic N) is 1. The number of benzene rings is 3. The van der Waals surface area contributed by atoms with Gasteiger partial charge in [-0.05, 0) is 36.8 Å². The van der Waals surface area contributed by atoms with E-state index < -0.39 is 22.8 Å². The molecule has 0 aliphatic rings. The highest BCUT2D eigenvalue weighted by Crippen LogP contribution is 2.34. The zero-order valence-electron chi connectivity index (χ0n) is 16.5. The van der Waals surface area contributed by atoms with Gasteiger partial charge in [-0.3, -0.25) is 4.79 Å². The van der Waals surface area contributed by atoms with E-state index in [0.29, 0.717) is 17.9 Å². The Hall–Kier alpha value is -4.13. The number of hydrogen-bond donors (Lipinski definition) is 1. The number of aromatic hydroxyl groups is 1. The van der Waals surface area contributed by atoms with Crippen LogP contribution < -0.4 is 15.5 Å². The quantitative estimate of drug-likeness (QED) is 0.367. The van der Waals surface area contributed by atoms with Crippen molar-refractivity contribution in [3.63, 3.8) is 0 Å². The van der Waals surface area contributed by atoms with Crippen molar-refractivity contribution < 1.29 is 23.5 Å². The highest BCUT2D eigenvalue weighted by molar-refractivity contribution is 6.09. The molecule has 1 amide bonds. The van der Waals surface area contributed by atoms with E-state index in [0.717, 1.165) is 5.56 Å². The van der Waals surface area contributed by atoms with Crippen molar-refractivity contribution >= 4 is 22.6 Å². The number of carbonyl (C=O) groups excluding carboxylic acids is 1. The minimum Gasteiger partial charge on any atom is -0.506 e. The molecule has 1 aromatic heterocycles. The molecule has 0 bridgehead atoms. The molecule has 7 heteroatoms. The lowest BCUT2D eigenvalue weighted by molar-refractivity contribution is 0.0925. The lowest BCUT2D eigenvalue weighted by Crippen LogP contribution is -2.27. The topological polar surface area (TPSA) is 80.0 Å². The maximum atomic E-state index is 14.6. The maximum Gasteiger partial charge on any atom is 0.353 e. The van der Waals surface area contributed by atoms with E-state index in [1.54, 1.807) is 19.1 Å². The van der Waals surface area contributed by atoms with Crippen LogP contribution in [0.5, 0.6) is 11.5 Å². The van der Waals surface area contributed by atoms with Crippen molar-refractivity contribution in [2.24, 2.45) is 0 Å². The van der Waals surface area contributed by atoms with E-state index in [4.69, 9.17) is 9.15 Å². The lowest BCUT2D eigenvalue weighted by atomic mass is 10.1. The Morgan fingerprint density at radius 2 is 1.68 bits per heavy atom. The number of ether oxygens (including phenoxy) is 1. The normalized spacial score (nSPS) is 10.8. The Morgan fingerprint density at radius 1 is 1.03 bits per heavy atom. The Morgan fingerprint density at radius 3 is 2.35 bits per heavy atom. The summed E-state index contributed by atoms with van der Waals surface area (Å²) in [5, 5.41) is 10.5. The summed E-state index contributed by atoms with van der Waals surface area (Å²) in [5.41, 5.74) is -0.508. The molecule has 1 heterocycles. The van der Waals surface area contributed by atoms with Crippen molar-refractivity contribution in [2.75, 3.05) is 5.12 Å². The largest absolute Gasteiger partial charge is 0.506 e. The van der Waals surface area contributed by atoms with Crippen LogP contribution in [0, 0.1) is 6.92 Å². The Bertz CT molecular complexity index is 1300. The standard InChI is InChI=1S/C24H18FNO5/c1-15-19(30-14-16-8-4-2-5-9-16)13-12-18-21(27)20(24(29)31-22(15)18)23(28)26(25)17-10-6-3-7-11-17/h2-13,27H,14H2,1H3. The van der Waals surface area contributed by atoms with Crippen LogP contribution >= 0.6 is 0 Å². The number of rotatable bonds is 5. The summed E-state index contributed by atoms with van der Waals surface area (Å²) in [6.07, 6.45) is 0. The van der Waals surface area contributed by atoms with Crippen LogP contribution in [-0.2, 0) is 6.61 Å². The number of amides is 1. The van der Waals surface area contributed by atoms with Gasteiger partial charge in [-0.1, -0.05) is 53.0 Å². The van der Waals surface area contributed by atoms with Crippen molar-refractivity contribution in [1.29, 1.82) is 0 Å². The van der Waals surface area contributed by atoms with Gasteiger partial charge >= 0.3 is 5.63 Å². The minimum atomic E-state index is -1.32. The van der Waals surface area contributed by atoms with Gasteiger partial charge in [0.15, 0.2) is 5.56 Å². The van der Waals surface area contributed by atoms with Crippen LogP contribution in [0.3, 0.4) is 0 Å². The first-order valence-electron chi connectivity index (χ1n) is 9.48. The molecule has 0 aliphatic heterocycles. The summed E-state index contributed by atoms with van der Waals surface area (Å²) >= 11 is 0. The smallest absolute Gasteiger partial charge is 0.353 e. The molecule has 0 unspecified atom stereocenters. The zero-order valence-corrected chi connectivity index (χ0v) is 16.5. The summed E-state index contributed by atoms with van der Waals surface area (Å²) in [7, 11) is 0. The molecule has 4 rings (SSSR count). The SMILES string of the molecule is Cc1c(OCc2ccccc2)ccc2c(O)c(C(=O)N(F)c3ccccc3)c(=O)oc12.